The topological polar surface area (TPSA) is 75.2 Å². The first kappa shape index (κ1) is 20.8. The molecule has 0 saturated carbocycles. The molecule has 4 aromatic rings. The molecule has 2 N–H and O–H groups in total. The molecule has 0 saturated heterocycles. The van der Waals surface area contributed by atoms with Crippen LogP contribution in [-0.4, -0.2) is 47.4 Å². The summed E-state index contributed by atoms with van der Waals surface area (Å²) in [6.07, 6.45) is 6.01. The smallest absolute Gasteiger partial charge is 0.138 e. The van der Waals surface area contributed by atoms with Crippen molar-refractivity contribution in [2.45, 2.75) is 19.8 Å². The number of hydrogen-bond acceptors (Lipinski definition) is 5. The van der Waals surface area contributed by atoms with Gasteiger partial charge in [0.2, 0.25) is 0 Å². The Bertz CT molecular complexity index is 1460. The zero-order chi connectivity index (χ0) is 23.1. The van der Waals surface area contributed by atoms with Gasteiger partial charge >= 0.3 is 0 Å². The lowest BCUT2D eigenvalue weighted by Crippen LogP contribution is -2.21. The van der Waals surface area contributed by atoms with Gasteiger partial charge in [-0.15, -0.1) is 0 Å². The molecule has 6 nitrogen and oxygen atoms in total. The van der Waals surface area contributed by atoms with E-state index < -0.39 is 0 Å². The zero-order valence-electron chi connectivity index (χ0n) is 19.5. The minimum absolute atomic E-state index is 0.765. The lowest BCUT2D eigenvalue weighted by atomic mass is 9.95. The molecule has 0 amide bonds. The fourth-order valence-electron chi connectivity index (χ4n) is 5.03. The first-order valence-corrected chi connectivity index (χ1v) is 11.8. The number of pyridine rings is 2. The highest BCUT2D eigenvalue weighted by molar-refractivity contribution is 6.16. The highest BCUT2D eigenvalue weighted by Gasteiger charge is 2.24. The number of methoxy groups -OCH3 is 1. The molecule has 0 radical (unpaired) electrons. The third-order valence-electron chi connectivity index (χ3n) is 6.81. The third-order valence-corrected chi connectivity index (χ3v) is 6.81. The quantitative estimate of drug-likeness (QED) is 0.473. The van der Waals surface area contributed by atoms with E-state index in [2.05, 4.69) is 58.6 Å². The van der Waals surface area contributed by atoms with Crippen LogP contribution in [0.2, 0.25) is 0 Å². The van der Waals surface area contributed by atoms with E-state index in [-0.39, 0.29) is 0 Å². The SMILES string of the molecule is COc1cccc(-c2ccnc3[nH]c(C4=NCCc5ccc(C6=CCNCC6)nc54)c(C)c23)c1. The molecule has 1 aromatic carbocycles. The molecule has 170 valence electrons. The number of H-pyrrole nitrogens is 1. The number of nitrogens with one attached hydrogen (secondary N) is 2. The molecule has 0 spiro atoms. The van der Waals surface area contributed by atoms with Gasteiger partial charge in [-0.1, -0.05) is 24.3 Å². The maximum absolute atomic E-state index is 5.46. The van der Waals surface area contributed by atoms with Crippen LogP contribution in [0.4, 0.5) is 0 Å². The average molecular weight is 450 g/mol. The summed E-state index contributed by atoms with van der Waals surface area (Å²) >= 11 is 0. The van der Waals surface area contributed by atoms with Gasteiger partial charge in [0, 0.05) is 24.7 Å². The van der Waals surface area contributed by atoms with E-state index in [1.807, 2.05) is 18.3 Å². The van der Waals surface area contributed by atoms with Gasteiger partial charge in [-0.05, 0) is 78.4 Å². The summed E-state index contributed by atoms with van der Waals surface area (Å²) in [6, 6.07) is 14.6. The molecular formula is C28H27N5O. The molecule has 0 atom stereocenters. The van der Waals surface area contributed by atoms with Gasteiger partial charge in [0.25, 0.3) is 0 Å². The number of aromatic nitrogens is 3. The van der Waals surface area contributed by atoms with Crippen molar-refractivity contribution >= 4 is 22.3 Å². The lowest BCUT2D eigenvalue weighted by molar-refractivity contribution is 0.415. The van der Waals surface area contributed by atoms with Crippen molar-refractivity contribution in [2.24, 2.45) is 4.99 Å². The molecule has 6 rings (SSSR count). The van der Waals surface area contributed by atoms with E-state index in [9.17, 15) is 0 Å². The number of aromatic amines is 1. The van der Waals surface area contributed by atoms with Crippen molar-refractivity contribution in [3.63, 3.8) is 0 Å². The van der Waals surface area contributed by atoms with E-state index in [1.54, 1.807) is 7.11 Å². The second-order valence-electron chi connectivity index (χ2n) is 8.81. The Morgan fingerprint density at radius 3 is 2.85 bits per heavy atom. The first-order valence-electron chi connectivity index (χ1n) is 11.8. The number of hydrogen-bond donors (Lipinski definition) is 2. The monoisotopic (exact) mass is 449 g/mol. The molecular weight excluding hydrogens is 422 g/mol. The van der Waals surface area contributed by atoms with E-state index in [4.69, 9.17) is 14.7 Å². The summed E-state index contributed by atoms with van der Waals surface area (Å²) in [4.78, 5) is 18.3. The van der Waals surface area contributed by atoms with Crippen LogP contribution in [0.1, 0.15) is 34.6 Å². The van der Waals surface area contributed by atoms with Gasteiger partial charge in [-0.2, -0.15) is 0 Å². The van der Waals surface area contributed by atoms with E-state index in [0.29, 0.717) is 0 Å². The van der Waals surface area contributed by atoms with E-state index in [0.717, 1.165) is 88.7 Å². The van der Waals surface area contributed by atoms with Crippen LogP contribution in [0.15, 0.2) is 59.7 Å². The molecule has 0 unspecified atom stereocenters. The summed E-state index contributed by atoms with van der Waals surface area (Å²) < 4.78 is 5.46. The Labute approximate surface area is 198 Å². The van der Waals surface area contributed by atoms with Crippen LogP contribution in [0.25, 0.3) is 27.7 Å². The van der Waals surface area contributed by atoms with Crippen LogP contribution >= 0.6 is 0 Å². The van der Waals surface area contributed by atoms with Crippen LogP contribution < -0.4 is 10.1 Å². The minimum Gasteiger partial charge on any atom is -0.497 e. The lowest BCUT2D eigenvalue weighted by Gasteiger charge is -2.19. The molecule has 2 aliphatic heterocycles. The van der Waals surface area contributed by atoms with Crippen molar-refractivity contribution in [1.29, 1.82) is 0 Å². The molecule has 0 fully saturated rings. The molecule has 0 bridgehead atoms. The molecule has 34 heavy (non-hydrogen) atoms. The Balaban J connectivity index is 1.49. The maximum atomic E-state index is 5.46. The summed E-state index contributed by atoms with van der Waals surface area (Å²) in [7, 11) is 1.70. The molecule has 2 aliphatic rings. The Kier molecular flexibility index (Phi) is 5.23. The molecule has 0 aliphatic carbocycles. The Morgan fingerprint density at radius 2 is 2.00 bits per heavy atom. The number of ether oxygens (including phenoxy) is 1. The maximum Gasteiger partial charge on any atom is 0.138 e. The van der Waals surface area contributed by atoms with Gasteiger partial charge in [-0.25, -0.2) is 9.97 Å². The van der Waals surface area contributed by atoms with Crippen molar-refractivity contribution in [2.75, 3.05) is 26.7 Å². The van der Waals surface area contributed by atoms with Gasteiger partial charge in [-0.3, -0.25) is 4.99 Å². The first-order chi connectivity index (χ1) is 16.7. The standard InChI is InChI=1S/C28H27N5O/c1-17-24-22(20-4-3-5-21(16-20)34-2)11-15-31-28(24)33-25(17)27-26-19(10-14-30-27)6-7-23(32-26)18-8-12-29-13-9-18/h3-8,11,15-16,29H,9-10,12-14H2,1-2H3,(H,31,33). The molecule has 3 aromatic heterocycles. The van der Waals surface area contributed by atoms with Crippen molar-refractivity contribution in [1.82, 2.24) is 20.3 Å². The van der Waals surface area contributed by atoms with Crippen molar-refractivity contribution in [3.05, 3.63) is 82.9 Å². The van der Waals surface area contributed by atoms with Crippen molar-refractivity contribution < 1.29 is 4.74 Å². The molecule has 5 heterocycles. The van der Waals surface area contributed by atoms with Gasteiger partial charge in [0.1, 0.15) is 17.1 Å². The predicted octanol–water partition coefficient (Wildman–Crippen LogP) is 4.71. The number of aliphatic imine (C=N–C) groups is 1. The summed E-state index contributed by atoms with van der Waals surface area (Å²) in [5, 5.41) is 4.49. The number of benzene rings is 1. The van der Waals surface area contributed by atoms with Gasteiger partial charge in [0.05, 0.1) is 24.2 Å². The summed E-state index contributed by atoms with van der Waals surface area (Å²) in [6.45, 7) is 4.80. The fourth-order valence-corrected chi connectivity index (χ4v) is 5.03. The summed E-state index contributed by atoms with van der Waals surface area (Å²) in [5.41, 5.74) is 10.8. The predicted molar refractivity (Wildman–Crippen MR) is 137 cm³/mol. The highest BCUT2D eigenvalue weighted by atomic mass is 16.5. The van der Waals surface area contributed by atoms with Crippen molar-refractivity contribution in [3.8, 4) is 16.9 Å². The number of aryl methyl sites for hydroxylation is 1. The Morgan fingerprint density at radius 1 is 1.06 bits per heavy atom. The second kappa shape index (κ2) is 8.54. The fraction of sp³-hybridized carbons (Fsp3) is 0.250. The Hall–Kier alpha value is -3.77. The number of rotatable bonds is 4. The highest BCUT2D eigenvalue weighted by Crippen LogP contribution is 2.34. The van der Waals surface area contributed by atoms with Crippen LogP contribution in [-0.2, 0) is 6.42 Å². The number of nitrogens with zero attached hydrogens (tertiary/aromatic N) is 3. The van der Waals surface area contributed by atoms with E-state index >= 15 is 0 Å². The molecule has 6 heteroatoms. The minimum atomic E-state index is 0.765. The number of fused-ring (bicyclic) bond motifs is 2. The average Bonchev–Trinajstić information content (AvgIpc) is 3.25. The van der Waals surface area contributed by atoms with Crippen LogP contribution in [0.3, 0.4) is 0 Å². The normalized spacial score (nSPS) is 15.6. The third kappa shape index (κ3) is 3.51. The van der Waals surface area contributed by atoms with E-state index in [1.165, 1.54) is 11.1 Å². The van der Waals surface area contributed by atoms with Gasteiger partial charge < -0.3 is 15.0 Å². The van der Waals surface area contributed by atoms with Gasteiger partial charge in [0.15, 0.2) is 0 Å². The van der Waals surface area contributed by atoms with Crippen LogP contribution in [0, 0.1) is 6.92 Å². The largest absolute Gasteiger partial charge is 0.497 e. The van der Waals surface area contributed by atoms with Crippen LogP contribution in [0.5, 0.6) is 5.75 Å². The zero-order valence-corrected chi connectivity index (χ0v) is 19.5. The second-order valence-corrected chi connectivity index (χ2v) is 8.81. The summed E-state index contributed by atoms with van der Waals surface area (Å²) in [5.74, 6) is 0.838.